The first-order valence-corrected chi connectivity index (χ1v) is 7.33. The predicted molar refractivity (Wildman–Crippen MR) is 88.3 cm³/mol. The zero-order chi connectivity index (χ0) is 17.1. The second-order valence-electron chi connectivity index (χ2n) is 4.82. The first-order valence-electron chi connectivity index (χ1n) is 7.33. The molecule has 5 nitrogen and oxygen atoms in total. The Bertz CT molecular complexity index is 639. The molecule has 0 aliphatic rings. The number of benzene rings is 2. The zero-order valence-electron chi connectivity index (χ0n) is 13.0. The maximum absolute atomic E-state index is 11.2. The quantitative estimate of drug-likeness (QED) is 0.461. The van der Waals surface area contributed by atoms with E-state index in [4.69, 9.17) is 0 Å². The van der Waals surface area contributed by atoms with E-state index in [2.05, 4.69) is 0 Å². The lowest BCUT2D eigenvalue weighted by Crippen LogP contribution is -2.13. The van der Waals surface area contributed by atoms with Gasteiger partial charge in [-0.15, -0.1) is 0 Å². The first kappa shape index (κ1) is 18.2. The van der Waals surface area contributed by atoms with Gasteiger partial charge < -0.3 is 0 Å². The van der Waals surface area contributed by atoms with Gasteiger partial charge in [0.15, 0.2) is 5.78 Å². The molecular formula is C18H19NO4. The van der Waals surface area contributed by atoms with Crippen LogP contribution in [0.5, 0.6) is 0 Å². The molecule has 0 radical (unpaired) electrons. The Morgan fingerprint density at radius 1 is 0.870 bits per heavy atom. The second kappa shape index (κ2) is 10.00. The fourth-order valence-corrected chi connectivity index (χ4v) is 1.83. The molecule has 0 aliphatic carbocycles. The number of nitrogens with zero attached hydrogens (tertiary/aromatic N) is 1. The molecule has 5 heteroatoms. The van der Waals surface area contributed by atoms with Crippen molar-refractivity contribution in [1.29, 1.82) is 0 Å². The SMILES string of the molecule is CCCC(=O)c1ccccc1.O=C(C[N+](=O)[O-])c1ccccc1. The van der Waals surface area contributed by atoms with Crippen LogP contribution in [-0.2, 0) is 0 Å². The monoisotopic (exact) mass is 313 g/mol. The minimum atomic E-state index is -0.635. The van der Waals surface area contributed by atoms with Crippen molar-refractivity contribution in [2.75, 3.05) is 6.54 Å². The minimum absolute atomic E-state index is 0.244. The van der Waals surface area contributed by atoms with Gasteiger partial charge in [0, 0.05) is 22.5 Å². The van der Waals surface area contributed by atoms with Crippen LogP contribution in [0.4, 0.5) is 0 Å². The van der Waals surface area contributed by atoms with Crippen molar-refractivity contribution >= 4 is 11.6 Å². The van der Waals surface area contributed by atoms with Crippen LogP contribution >= 0.6 is 0 Å². The van der Waals surface area contributed by atoms with Crippen molar-refractivity contribution < 1.29 is 14.5 Å². The van der Waals surface area contributed by atoms with Gasteiger partial charge >= 0.3 is 0 Å². The molecule has 120 valence electrons. The van der Waals surface area contributed by atoms with Gasteiger partial charge in [0.1, 0.15) is 0 Å². The molecule has 2 rings (SSSR count). The van der Waals surface area contributed by atoms with Crippen molar-refractivity contribution in [1.82, 2.24) is 0 Å². The van der Waals surface area contributed by atoms with Gasteiger partial charge in [0.05, 0.1) is 0 Å². The van der Waals surface area contributed by atoms with Crippen LogP contribution in [0.15, 0.2) is 60.7 Å². The van der Waals surface area contributed by atoms with Crippen LogP contribution in [0.3, 0.4) is 0 Å². The molecule has 0 atom stereocenters. The molecule has 0 unspecified atom stereocenters. The van der Waals surface area contributed by atoms with E-state index >= 15 is 0 Å². The molecule has 0 saturated heterocycles. The maximum Gasteiger partial charge on any atom is 0.265 e. The van der Waals surface area contributed by atoms with Gasteiger partial charge in [-0.05, 0) is 6.42 Å². The largest absolute Gasteiger partial charge is 0.294 e. The van der Waals surface area contributed by atoms with E-state index in [1.54, 1.807) is 30.3 Å². The molecular weight excluding hydrogens is 294 g/mol. The molecule has 0 bridgehead atoms. The third kappa shape index (κ3) is 7.13. The van der Waals surface area contributed by atoms with Crippen molar-refractivity contribution in [3.05, 3.63) is 81.9 Å². The van der Waals surface area contributed by atoms with Crippen LogP contribution in [0.2, 0.25) is 0 Å². The summed E-state index contributed by atoms with van der Waals surface area (Å²) in [5.74, 6) is -0.214. The van der Waals surface area contributed by atoms with Crippen LogP contribution in [0.25, 0.3) is 0 Å². The summed E-state index contributed by atoms with van der Waals surface area (Å²) in [5.41, 5.74) is 1.21. The molecule has 0 saturated carbocycles. The fraction of sp³-hybridized carbons (Fsp3) is 0.222. The molecule has 0 amide bonds. The van der Waals surface area contributed by atoms with Gasteiger partial charge in [-0.2, -0.15) is 0 Å². The Hall–Kier alpha value is -2.82. The molecule has 0 aromatic heterocycles. The lowest BCUT2D eigenvalue weighted by atomic mass is 10.1. The molecule has 0 N–H and O–H groups in total. The van der Waals surface area contributed by atoms with E-state index in [1.807, 2.05) is 37.3 Å². The van der Waals surface area contributed by atoms with Crippen molar-refractivity contribution in [3.63, 3.8) is 0 Å². The third-order valence-corrected chi connectivity index (χ3v) is 2.94. The normalized spacial score (nSPS) is 9.43. The smallest absolute Gasteiger partial charge is 0.265 e. The topological polar surface area (TPSA) is 77.3 Å². The molecule has 0 fully saturated rings. The fourth-order valence-electron chi connectivity index (χ4n) is 1.83. The standard InChI is InChI=1S/C10H12O.C8H7NO3/c1-2-6-10(11)9-7-4-3-5-8-9;10-8(6-9(11)12)7-4-2-1-3-5-7/h3-5,7-8H,2,6H2,1H3;1-5H,6H2. The first-order chi connectivity index (χ1) is 11.0. The summed E-state index contributed by atoms with van der Waals surface area (Å²) in [6, 6.07) is 17.6. The summed E-state index contributed by atoms with van der Waals surface area (Å²) >= 11 is 0. The second-order valence-corrected chi connectivity index (χ2v) is 4.82. The Morgan fingerprint density at radius 3 is 1.70 bits per heavy atom. The lowest BCUT2D eigenvalue weighted by Gasteiger charge is -1.96. The van der Waals surface area contributed by atoms with Crippen LogP contribution in [0, 0.1) is 10.1 Å². The Kier molecular flexibility index (Phi) is 7.92. The van der Waals surface area contributed by atoms with E-state index in [-0.39, 0.29) is 5.78 Å². The summed E-state index contributed by atoms with van der Waals surface area (Å²) in [6.07, 6.45) is 1.58. The predicted octanol–water partition coefficient (Wildman–Crippen LogP) is 3.82. The van der Waals surface area contributed by atoms with Gasteiger partial charge in [0.2, 0.25) is 5.78 Å². The van der Waals surface area contributed by atoms with Gasteiger partial charge in [-0.3, -0.25) is 19.7 Å². The van der Waals surface area contributed by atoms with Crippen molar-refractivity contribution in [2.24, 2.45) is 0 Å². The molecule has 0 aliphatic heterocycles. The summed E-state index contributed by atoms with van der Waals surface area (Å²) in [7, 11) is 0. The highest BCUT2D eigenvalue weighted by molar-refractivity contribution is 5.96. The number of carbonyl (C=O) groups is 2. The Labute approximate surface area is 135 Å². The van der Waals surface area contributed by atoms with Crippen molar-refractivity contribution in [3.8, 4) is 0 Å². The van der Waals surface area contributed by atoms with E-state index in [9.17, 15) is 19.7 Å². The average molecular weight is 313 g/mol. The highest BCUT2D eigenvalue weighted by Gasteiger charge is 2.10. The van der Waals surface area contributed by atoms with E-state index in [0.29, 0.717) is 12.0 Å². The Balaban J connectivity index is 0.000000231. The number of nitro groups is 1. The Morgan fingerprint density at radius 2 is 1.30 bits per heavy atom. The number of hydrogen-bond acceptors (Lipinski definition) is 4. The maximum atomic E-state index is 11.2. The number of hydrogen-bond donors (Lipinski definition) is 0. The van der Waals surface area contributed by atoms with Gasteiger partial charge in [-0.1, -0.05) is 67.6 Å². The molecule has 0 spiro atoms. The van der Waals surface area contributed by atoms with Crippen molar-refractivity contribution in [2.45, 2.75) is 19.8 Å². The minimum Gasteiger partial charge on any atom is -0.294 e. The number of carbonyl (C=O) groups excluding carboxylic acids is 2. The molecule has 2 aromatic carbocycles. The molecule has 0 heterocycles. The molecule has 23 heavy (non-hydrogen) atoms. The summed E-state index contributed by atoms with van der Waals surface area (Å²) in [6.45, 7) is 1.38. The summed E-state index contributed by atoms with van der Waals surface area (Å²) in [4.78, 5) is 31.6. The van der Waals surface area contributed by atoms with Gasteiger partial charge in [-0.25, -0.2) is 0 Å². The molecule has 2 aromatic rings. The number of Topliss-reactive ketones (excluding diaryl/α,β-unsaturated/α-hetero) is 2. The highest BCUT2D eigenvalue weighted by Crippen LogP contribution is 2.03. The van der Waals surface area contributed by atoms with Crippen LogP contribution in [0.1, 0.15) is 40.5 Å². The number of ketones is 2. The summed E-state index contributed by atoms with van der Waals surface area (Å²) < 4.78 is 0. The zero-order valence-corrected chi connectivity index (χ0v) is 13.0. The average Bonchev–Trinajstić information content (AvgIpc) is 2.57. The lowest BCUT2D eigenvalue weighted by molar-refractivity contribution is -0.465. The van der Waals surface area contributed by atoms with E-state index < -0.39 is 17.3 Å². The van der Waals surface area contributed by atoms with Gasteiger partial charge in [0.25, 0.3) is 6.54 Å². The van der Waals surface area contributed by atoms with Crippen LogP contribution in [-0.4, -0.2) is 23.0 Å². The number of rotatable bonds is 6. The highest BCUT2D eigenvalue weighted by atomic mass is 16.6. The summed E-state index contributed by atoms with van der Waals surface area (Å²) in [5, 5.41) is 9.97. The van der Waals surface area contributed by atoms with E-state index in [0.717, 1.165) is 12.0 Å². The van der Waals surface area contributed by atoms with E-state index in [1.165, 1.54) is 0 Å². The third-order valence-electron chi connectivity index (χ3n) is 2.94. The van der Waals surface area contributed by atoms with Crippen LogP contribution < -0.4 is 0 Å².